The third-order valence-electron chi connectivity index (χ3n) is 10.8. The average molecular weight is 429 g/mol. The van der Waals surface area contributed by atoms with Crippen LogP contribution in [-0.4, -0.2) is 13.1 Å². The smallest absolute Gasteiger partial charge is 0.308 e. The van der Waals surface area contributed by atoms with E-state index in [1.165, 1.54) is 57.8 Å². The molecule has 0 amide bonds. The third kappa shape index (κ3) is 4.04. The fourth-order valence-corrected chi connectivity index (χ4v) is 9.05. The highest BCUT2D eigenvalue weighted by Gasteiger charge is 2.59. The van der Waals surface area contributed by atoms with Gasteiger partial charge in [0.1, 0.15) is 0 Å². The van der Waals surface area contributed by atoms with Gasteiger partial charge in [-0.3, -0.25) is 4.79 Å². The van der Waals surface area contributed by atoms with E-state index < -0.39 is 0 Å². The van der Waals surface area contributed by atoms with Gasteiger partial charge in [0, 0.05) is 0 Å². The van der Waals surface area contributed by atoms with Crippen LogP contribution in [0.4, 0.5) is 0 Å². The van der Waals surface area contributed by atoms with Gasteiger partial charge in [-0.05, 0) is 97.7 Å². The SMILES string of the molecule is COC(=O)C1CCC2(C)C(=CCC3C2CCC2(C)C(C(C)CCCC(C)C)CCC32)C1. The van der Waals surface area contributed by atoms with Crippen LogP contribution in [0.5, 0.6) is 0 Å². The predicted octanol–water partition coefficient (Wildman–Crippen LogP) is 7.82. The molecule has 0 saturated heterocycles. The third-order valence-corrected chi connectivity index (χ3v) is 10.8. The van der Waals surface area contributed by atoms with Crippen LogP contribution in [0.15, 0.2) is 11.6 Å². The van der Waals surface area contributed by atoms with Crippen LogP contribution in [0, 0.1) is 52.3 Å². The molecule has 0 heterocycles. The number of carbonyl (C=O) groups excluding carboxylic acids is 1. The number of carbonyl (C=O) groups is 1. The number of methoxy groups -OCH3 is 1. The van der Waals surface area contributed by atoms with Crippen molar-refractivity contribution in [1.82, 2.24) is 0 Å². The summed E-state index contributed by atoms with van der Waals surface area (Å²) in [7, 11) is 1.55. The summed E-state index contributed by atoms with van der Waals surface area (Å²) in [6, 6.07) is 0. The second-order valence-corrected chi connectivity index (χ2v) is 12.8. The Morgan fingerprint density at radius 1 is 1.06 bits per heavy atom. The molecule has 0 aromatic heterocycles. The Morgan fingerprint density at radius 3 is 2.55 bits per heavy atom. The van der Waals surface area contributed by atoms with E-state index >= 15 is 0 Å². The number of esters is 1. The fourth-order valence-electron chi connectivity index (χ4n) is 9.05. The van der Waals surface area contributed by atoms with Crippen molar-refractivity contribution < 1.29 is 9.53 Å². The molecule has 0 bridgehead atoms. The van der Waals surface area contributed by atoms with Gasteiger partial charge >= 0.3 is 5.97 Å². The summed E-state index contributed by atoms with van der Waals surface area (Å²) in [5, 5.41) is 0. The van der Waals surface area contributed by atoms with Crippen LogP contribution in [0.2, 0.25) is 0 Å². The molecule has 0 N–H and O–H groups in total. The largest absolute Gasteiger partial charge is 0.469 e. The summed E-state index contributed by atoms with van der Waals surface area (Å²) < 4.78 is 5.09. The molecule has 4 aliphatic carbocycles. The van der Waals surface area contributed by atoms with E-state index in [1.807, 2.05) is 0 Å². The first-order valence-corrected chi connectivity index (χ1v) is 13.5. The van der Waals surface area contributed by atoms with Crippen molar-refractivity contribution >= 4 is 5.97 Å². The van der Waals surface area contributed by atoms with E-state index in [-0.39, 0.29) is 11.9 Å². The van der Waals surface area contributed by atoms with Crippen molar-refractivity contribution in [3.8, 4) is 0 Å². The summed E-state index contributed by atoms with van der Waals surface area (Å²) in [5.74, 6) is 5.37. The number of ether oxygens (including phenoxy) is 1. The number of rotatable bonds is 6. The van der Waals surface area contributed by atoms with Gasteiger partial charge in [-0.1, -0.05) is 65.5 Å². The van der Waals surface area contributed by atoms with Crippen molar-refractivity contribution in [2.45, 2.75) is 105 Å². The molecule has 4 aliphatic rings. The van der Waals surface area contributed by atoms with Gasteiger partial charge in [-0.25, -0.2) is 0 Å². The van der Waals surface area contributed by atoms with Crippen molar-refractivity contribution in [3.05, 3.63) is 11.6 Å². The lowest BCUT2D eigenvalue weighted by Crippen LogP contribution is -2.50. The van der Waals surface area contributed by atoms with Crippen molar-refractivity contribution in [2.75, 3.05) is 7.11 Å². The normalized spacial score (nSPS) is 42.9. The monoisotopic (exact) mass is 428 g/mol. The van der Waals surface area contributed by atoms with Gasteiger partial charge in [0.15, 0.2) is 0 Å². The molecule has 3 saturated carbocycles. The molecule has 0 aromatic carbocycles. The van der Waals surface area contributed by atoms with Gasteiger partial charge < -0.3 is 4.74 Å². The van der Waals surface area contributed by atoms with E-state index in [2.05, 4.69) is 40.7 Å². The van der Waals surface area contributed by atoms with Crippen molar-refractivity contribution in [2.24, 2.45) is 52.3 Å². The summed E-state index contributed by atoms with van der Waals surface area (Å²) >= 11 is 0. The zero-order valence-corrected chi connectivity index (χ0v) is 21.2. The first-order valence-electron chi connectivity index (χ1n) is 13.5. The number of fused-ring (bicyclic) bond motifs is 5. The molecule has 176 valence electrons. The summed E-state index contributed by atoms with van der Waals surface area (Å²) in [6.45, 7) is 12.5. The maximum absolute atomic E-state index is 12.2. The Labute approximate surface area is 192 Å². The van der Waals surface area contributed by atoms with E-state index in [1.54, 1.807) is 12.7 Å². The summed E-state index contributed by atoms with van der Waals surface area (Å²) in [6.07, 6.45) is 17.0. The molecule has 31 heavy (non-hydrogen) atoms. The maximum atomic E-state index is 12.2. The van der Waals surface area contributed by atoms with Crippen LogP contribution in [0.1, 0.15) is 105 Å². The zero-order valence-electron chi connectivity index (χ0n) is 21.2. The molecule has 0 aliphatic heterocycles. The Balaban J connectivity index is 1.48. The predicted molar refractivity (Wildman–Crippen MR) is 129 cm³/mol. The van der Waals surface area contributed by atoms with Crippen LogP contribution >= 0.6 is 0 Å². The standard InChI is InChI=1S/C29H48O2/c1-19(2)8-7-9-20(3)24-12-13-25-23-11-10-22-18-21(27(30)31-6)14-16-28(22,4)26(23)15-17-29(24,25)5/h10,19-21,23-26H,7-9,11-18H2,1-6H3. The minimum atomic E-state index is 0.00591. The Hall–Kier alpha value is -0.790. The van der Waals surface area contributed by atoms with E-state index in [0.717, 1.165) is 48.3 Å². The second-order valence-electron chi connectivity index (χ2n) is 12.8. The molecular formula is C29H48O2. The molecule has 8 atom stereocenters. The molecule has 0 spiro atoms. The minimum Gasteiger partial charge on any atom is -0.469 e. The summed E-state index contributed by atoms with van der Waals surface area (Å²) in [4.78, 5) is 12.2. The highest BCUT2D eigenvalue weighted by atomic mass is 16.5. The van der Waals surface area contributed by atoms with E-state index in [4.69, 9.17) is 4.74 Å². The highest BCUT2D eigenvalue weighted by Crippen LogP contribution is 2.67. The van der Waals surface area contributed by atoms with Crippen LogP contribution in [0.3, 0.4) is 0 Å². The highest BCUT2D eigenvalue weighted by molar-refractivity contribution is 5.73. The summed E-state index contributed by atoms with van der Waals surface area (Å²) in [5.41, 5.74) is 2.48. The quantitative estimate of drug-likeness (QED) is 0.318. The second kappa shape index (κ2) is 8.86. The van der Waals surface area contributed by atoms with Crippen LogP contribution in [-0.2, 0) is 9.53 Å². The van der Waals surface area contributed by atoms with Gasteiger partial charge in [0.2, 0.25) is 0 Å². The maximum Gasteiger partial charge on any atom is 0.308 e. The first kappa shape index (κ1) is 23.4. The minimum absolute atomic E-state index is 0.00591. The van der Waals surface area contributed by atoms with Gasteiger partial charge in [-0.2, -0.15) is 0 Å². The molecule has 3 fully saturated rings. The van der Waals surface area contributed by atoms with Gasteiger partial charge in [0.05, 0.1) is 13.0 Å². The lowest BCUT2D eigenvalue weighted by molar-refractivity contribution is -0.147. The molecule has 0 radical (unpaired) electrons. The molecule has 0 aromatic rings. The zero-order chi connectivity index (χ0) is 22.4. The van der Waals surface area contributed by atoms with Crippen molar-refractivity contribution in [1.29, 1.82) is 0 Å². The Kier molecular flexibility index (Phi) is 6.68. The first-order chi connectivity index (χ1) is 14.7. The van der Waals surface area contributed by atoms with Crippen LogP contribution < -0.4 is 0 Å². The lowest BCUT2D eigenvalue weighted by Gasteiger charge is -2.58. The molecule has 2 heteroatoms. The number of hydrogen-bond donors (Lipinski definition) is 0. The van der Waals surface area contributed by atoms with Gasteiger partial charge in [-0.15, -0.1) is 0 Å². The molecular weight excluding hydrogens is 380 g/mol. The Morgan fingerprint density at radius 2 is 1.84 bits per heavy atom. The number of hydrogen-bond acceptors (Lipinski definition) is 2. The topological polar surface area (TPSA) is 26.3 Å². The fraction of sp³-hybridized carbons (Fsp3) is 0.897. The van der Waals surface area contributed by atoms with Crippen molar-refractivity contribution in [3.63, 3.8) is 0 Å². The van der Waals surface area contributed by atoms with E-state index in [9.17, 15) is 4.79 Å². The lowest BCUT2D eigenvalue weighted by atomic mass is 9.46. The molecule has 2 nitrogen and oxygen atoms in total. The van der Waals surface area contributed by atoms with E-state index in [0.29, 0.717) is 10.8 Å². The number of allylic oxidation sites excluding steroid dienone is 2. The average Bonchev–Trinajstić information content (AvgIpc) is 3.09. The van der Waals surface area contributed by atoms with Gasteiger partial charge in [0.25, 0.3) is 0 Å². The Bertz CT molecular complexity index is 693. The molecule has 8 unspecified atom stereocenters. The molecule has 4 rings (SSSR count). The van der Waals surface area contributed by atoms with Crippen LogP contribution in [0.25, 0.3) is 0 Å².